The smallest absolute Gasteiger partial charge is 0.00733 e. The minimum absolute atomic E-state index is 0.304. The van der Waals surface area contributed by atoms with E-state index in [1.54, 1.807) is 0 Å². The average Bonchev–Trinajstić information content (AvgIpc) is 3.02. The van der Waals surface area contributed by atoms with E-state index < -0.39 is 0 Å². The third kappa shape index (κ3) is 3.24. The van der Waals surface area contributed by atoms with E-state index in [0.29, 0.717) is 5.92 Å². The third-order valence-corrected chi connectivity index (χ3v) is 5.95. The van der Waals surface area contributed by atoms with Gasteiger partial charge in [-0.1, -0.05) is 91.9 Å². The summed E-state index contributed by atoms with van der Waals surface area (Å²) in [6.45, 7) is 11.0. The molecule has 4 rings (SSSR count). The predicted octanol–water partition coefficient (Wildman–Crippen LogP) is 7.90. The molecule has 0 radical (unpaired) electrons. The van der Waals surface area contributed by atoms with Crippen molar-refractivity contribution in [3.63, 3.8) is 0 Å². The summed E-state index contributed by atoms with van der Waals surface area (Å²) >= 11 is 0. The zero-order chi connectivity index (χ0) is 19.7. The fourth-order valence-corrected chi connectivity index (χ4v) is 4.54. The molecule has 0 N–H and O–H groups in total. The molecule has 0 saturated heterocycles. The van der Waals surface area contributed by atoms with Gasteiger partial charge in [0.2, 0.25) is 0 Å². The minimum Gasteiger partial charge on any atom is -0.0955 e. The summed E-state index contributed by atoms with van der Waals surface area (Å²) in [4.78, 5) is 0. The minimum atomic E-state index is 0.304. The Labute approximate surface area is 169 Å². The molecule has 140 valence electrons. The fourth-order valence-electron chi connectivity index (χ4n) is 4.54. The highest BCUT2D eigenvalue weighted by atomic mass is 14.3. The van der Waals surface area contributed by atoms with Crippen LogP contribution in [0.3, 0.4) is 0 Å². The second-order valence-corrected chi connectivity index (χ2v) is 7.93. The molecule has 2 aromatic rings. The molecule has 0 amide bonds. The average molecular weight is 365 g/mol. The summed E-state index contributed by atoms with van der Waals surface area (Å²) in [6.07, 6.45) is 15.7. The van der Waals surface area contributed by atoms with Gasteiger partial charge in [0.25, 0.3) is 0 Å². The summed E-state index contributed by atoms with van der Waals surface area (Å²) in [6, 6.07) is 13.3. The van der Waals surface area contributed by atoms with E-state index in [4.69, 9.17) is 0 Å². The van der Waals surface area contributed by atoms with Gasteiger partial charge in [0.05, 0.1) is 0 Å². The van der Waals surface area contributed by atoms with Crippen LogP contribution in [-0.2, 0) is 0 Å². The molecule has 2 aliphatic carbocycles. The van der Waals surface area contributed by atoms with Crippen molar-refractivity contribution in [3.8, 4) is 0 Å². The SMILES string of the molecule is C=C(C)C1=CC=CCC2=CCC=CC(C(C)c3cccc4cccc(C)c34)=C21. The van der Waals surface area contributed by atoms with Crippen LogP contribution in [0.5, 0.6) is 0 Å². The number of allylic oxidation sites excluding steroid dienone is 11. The van der Waals surface area contributed by atoms with Gasteiger partial charge in [-0.25, -0.2) is 0 Å². The van der Waals surface area contributed by atoms with E-state index in [0.717, 1.165) is 18.4 Å². The first kappa shape index (κ1) is 18.5. The third-order valence-electron chi connectivity index (χ3n) is 5.95. The van der Waals surface area contributed by atoms with Crippen LogP contribution in [0, 0.1) is 6.92 Å². The molecule has 28 heavy (non-hydrogen) atoms. The number of hydrogen-bond donors (Lipinski definition) is 0. The van der Waals surface area contributed by atoms with E-state index in [2.05, 4.69) is 100 Å². The lowest BCUT2D eigenvalue weighted by atomic mass is 9.80. The van der Waals surface area contributed by atoms with Gasteiger partial charge < -0.3 is 0 Å². The Hall–Kier alpha value is -2.86. The molecule has 0 nitrogen and oxygen atoms in total. The molecule has 0 heteroatoms. The van der Waals surface area contributed by atoms with Gasteiger partial charge in [-0.15, -0.1) is 0 Å². The van der Waals surface area contributed by atoms with Crippen molar-refractivity contribution in [3.05, 3.63) is 118 Å². The fraction of sp³-hybridized carbons (Fsp3) is 0.214. The van der Waals surface area contributed by atoms with Crippen molar-refractivity contribution in [2.45, 2.75) is 39.5 Å². The number of benzene rings is 2. The maximum atomic E-state index is 4.29. The molecule has 0 saturated carbocycles. The maximum absolute atomic E-state index is 4.29. The Morgan fingerprint density at radius 1 is 1.07 bits per heavy atom. The Bertz CT molecular complexity index is 1090. The van der Waals surface area contributed by atoms with E-state index in [1.165, 1.54) is 44.2 Å². The predicted molar refractivity (Wildman–Crippen MR) is 123 cm³/mol. The molecule has 0 spiro atoms. The molecule has 0 aliphatic heterocycles. The zero-order valence-electron chi connectivity index (χ0n) is 17.1. The van der Waals surface area contributed by atoms with Gasteiger partial charge in [0.1, 0.15) is 0 Å². The lowest BCUT2D eigenvalue weighted by molar-refractivity contribution is 0.915. The van der Waals surface area contributed by atoms with Crippen molar-refractivity contribution in [2.75, 3.05) is 0 Å². The van der Waals surface area contributed by atoms with Gasteiger partial charge in [0, 0.05) is 5.92 Å². The molecule has 0 bridgehead atoms. The van der Waals surface area contributed by atoms with Crippen molar-refractivity contribution in [1.82, 2.24) is 0 Å². The van der Waals surface area contributed by atoms with Crippen LogP contribution < -0.4 is 0 Å². The molecule has 2 aromatic carbocycles. The number of fused-ring (bicyclic) bond motifs is 2. The standard InChI is InChI=1S/C28H28/c1-19(2)24-16-7-5-12-23-13-6-8-17-26(28(23)24)21(4)25-18-10-15-22-14-9-11-20(3)27(22)25/h5,7-11,13-18,21H,1,6,12H2,2-4H3. The molecule has 0 heterocycles. The summed E-state index contributed by atoms with van der Waals surface area (Å²) in [5.74, 6) is 0.304. The number of rotatable bonds is 3. The van der Waals surface area contributed by atoms with Crippen LogP contribution in [0.15, 0.2) is 107 Å². The lowest BCUT2D eigenvalue weighted by Gasteiger charge is -2.23. The first-order valence-corrected chi connectivity index (χ1v) is 10.2. The maximum Gasteiger partial charge on any atom is 0.00733 e. The molecule has 0 fully saturated rings. The number of hydrogen-bond acceptors (Lipinski definition) is 0. The van der Waals surface area contributed by atoms with Gasteiger partial charge in [-0.2, -0.15) is 0 Å². The van der Waals surface area contributed by atoms with Crippen molar-refractivity contribution in [2.24, 2.45) is 0 Å². The molecule has 0 aromatic heterocycles. The normalized spacial score (nSPS) is 17.5. The van der Waals surface area contributed by atoms with E-state index in [-0.39, 0.29) is 0 Å². The van der Waals surface area contributed by atoms with Crippen LogP contribution in [0.1, 0.15) is 43.7 Å². The summed E-state index contributed by atoms with van der Waals surface area (Å²) in [5.41, 5.74) is 9.35. The lowest BCUT2D eigenvalue weighted by Crippen LogP contribution is -2.05. The molecule has 1 atom stereocenters. The van der Waals surface area contributed by atoms with Crippen molar-refractivity contribution < 1.29 is 0 Å². The highest BCUT2D eigenvalue weighted by Crippen LogP contribution is 2.41. The monoisotopic (exact) mass is 364 g/mol. The van der Waals surface area contributed by atoms with Crippen LogP contribution >= 0.6 is 0 Å². The quantitative estimate of drug-likeness (QED) is 0.519. The first-order chi connectivity index (χ1) is 13.6. The zero-order valence-corrected chi connectivity index (χ0v) is 17.1. The first-order valence-electron chi connectivity index (χ1n) is 10.2. The van der Waals surface area contributed by atoms with Gasteiger partial charge >= 0.3 is 0 Å². The summed E-state index contributed by atoms with van der Waals surface area (Å²) < 4.78 is 0. The molecule has 1 unspecified atom stereocenters. The van der Waals surface area contributed by atoms with Crippen LogP contribution in [0.2, 0.25) is 0 Å². The Morgan fingerprint density at radius 3 is 2.64 bits per heavy atom. The molecule has 2 aliphatic rings. The van der Waals surface area contributed by atoms with Crippen LogP contribution in [0.25, 0.3) is 10.8 Å². The topological polar surface area (TPSA) is 0 Å². The van der Waals surface area contributed by atoms with E-state index in [9.17, 15) is 0 Å². The molecular formula is C28H28. The van der Waals surface area contributed by atoms with Gasteiger partial charge in [-0.3, -0.25) is 0 Å². The van der Waals surface area contributed by atoms with Crippen molar-refractivity contribution >= 4 is 10.8 Å². The highest BCUT2D eigenvalue weighted by Gasteiger charge is 2.23. The van der Waals surface area contributed by atoms with Crippen LogP contribution in [0.4, 0.5) is 0 Å². The van der Waals surface area contributed by atoms with Gasteiger partial charge in [-0.05, 0) is 70.9 Å². The Balaban J connectivity index is 1.97. The molecular weight excluding hydrogens is 336 g/mol. The number of aryl methyl sites for hydroxylation is 1. The van der Waals surface area contributed by atoms with Crippen molar-refractivity contribution in [1.29, 1.82) is 0 Å². The second kappa shape index (κ2) is 7.64. The summed E-state index contributed by atoms with van der Waals surface area (Å²) in [7, 11) is 0. The van der Waals surface area contributed by atoms with Crippen LogP contribution in [-0.4, -0.2) is 0 Å². The largest absolute Gasteiger partial charge is 0.0955 e. The Morgan fingerprint density at radius 2 is 1.86 bits per heavy atom. The Kier molecular flexibility index (Phi) is 5.05. The second-order valence-electron chi connectivity index (χ2n) is 7.93. The van der Waals surface area contributed by atoms with Gasteiger partial charge in [0.15, 0.2) is 0 Å². The van der Waals surface area contributed by atoms with E-state index >= 15 is 0 Å². The van der Waals surface area contributed by atoms with E-state index in [1.807, 2.05) is 0 Å². The highest BCUT2D eigenvalue weighted by molar-refractivity contribution is 5.89. The summed E-state index contributed by atoms with van der Waals surface area (Å²) in [5, 5.41) is 2.71.